The van der Waals surface area contributed by atoms with Crippen LogP contribution in [0.25, 0.3) is 0 Å². The van der Waals surface area contributed by atoms with E-state index in [9.17, 15) is 9.90 Å². The van der Waals surface area contributed by atoms with Gasteiger partial charge in [0.2, 0.25) is 5.91 Å². The summed E-state index contributed by atoms with van der Waals surface area (Å²) >= 11 is 11.9. The largest absolute Gasteiger partial charge is 0.387 e. The lowest BCUT2D eigenvalue weighted by Crippen LogP contribution is -2.40. The molecule has 0 spiro atoms. The van der Waals surface area contributed by atoms with Crippen LogP contribution in [0.5, 0.6) is 0 Å². The number of primary amides is 1. The van der Waals surface area contributed by atoms with Crippen molar-refractivity contribution in [2.24, 2.45) is 11.7 Å². The quantitative estimate of drug-likeness (QED) is 0.895. The highest BCUT2D eigenvalue weighted by Crippen LogP contribution is 2.27. The second-order valence-electron chi connectivity index (χ2n) is 5.16. The number of amides is 1. The highest BCUT2D eigenvalue weighted by molar-refractivity contribution is 6.35. The van der Waals surface area contributed by atoms with Gasteiger partial charge in [-0.15, -0.1) is 0 Å². The van der Waals surface area contributed by atoms with Crippen molar-refractivity contribution in [2.75, 3.05) is 19.6 Å². The Morgan fingerprint density at radius 2 is 2.05 bits per heavy atom. The van der Waals surface area contributed by atoms with Crippen LogP contribution in [0.4, 0.5) is 0 Å². The number of aliphatic hydroxyl groups is 1. The number of halogens is 2. The standard InChI is InChI=1S/C14H18Cl2N2O2/c15-10-1-2-11(12(16)7-10)13(19)8-18-5-3-9(4-6-18)14(17)20/h1-2,7,9,13,19H,3-6,8H2,(H2,17,20). The fourth-order valence-electron chi connectivity index (χ4n) is 2.51. The molecule has 1 aromatic carbocycles. The Morgan fingerprint density at radius 1 is 1.40 bits per heavy atom. The smallest absolute Gasteiger partial charge is 0.220 e. The molecule has 1 aromatic rings. The number of nitrogens with two attached hydrogens (primary N) is 1. The molecule has 3 N–H and O–H groups in total. The summed E-state index contributed by atoms with van der Waals surface area (Å²) in [6.45, 7) is 2.01. The van der Waals surface area contributed by atoms with Crippen molar-refractivity contribution in [3.8, 4) is 0 Å². The Kier molecular flexibility index (Phi) is 5.27. The molecule has 1 fully saturated rings. The van der Waals surface area contributed by atoms with E-state index in [4.69, 9.17) is 28.9 Å². The number of likely N-dealkylation sites (tertiary alicyclic amines) is 1. The van der Waals surface area contributed by atoms with Crippen LogP contribution in [-0.4, -0.2) is 35.5 Å². The molecular weight excluding hydrogens is 299 g/mol. The lowest BCUT2D eigenvalue weighted by atomic mass is 9.96. The van der Waals surface area contributed by atoms with E-state index in [2.05, 4.69) is 4.90 Å². The Bertz CT molecular complexity index is 488. The van der Waals surface area contributed by atoms with E-state index in [0.29, 0.717) is 22.2 Å². The summed E-state index contributed by atoms with van der Waals surface area (Å²) in [5, 5.41) is 11.3. The summed E-state index contributed by atoms with van der Waals surface area (Å²) in [6.07, 6.45) is 0.831. The van der Waals surface area contributed by atoms with Crippen LogP contribution in [0.15, 0.2) is 18.2 Å². The van der Waals surface area contributed by atoms with Gasteiger partial charge in [-0.2, -0.15) is 0 Å². The van der Waals surface area contributed by atoms with Crippen molar-refractivity contribution < 1.29 is 9.90 Å². The predicted molar refractivity (Wildman–Crippen MR) is 79.8 cm³/mol. The van der Waals surface area contributed by atoms with Gasteiger partial charge in [0.1, 0.15) is 0 Å². The molecule has 1 amide bonds. The van der Waals surface area contributed by atoms with Crippen LogP contribution in [0.2, 0.25) is 10.0 Å². The molecule has 1 unspecified atom stereocenters. The number of benzene rings is 1. The lowest BCUT2D eigenvalue weighted by Gasteiger charge is -2.32. The van der Waals surface area contributed by atoms with Crippen molar-refractivity contribution >= 4 is 29.1 Å². The average molecular weight is 317 g/mol. The monoisotopic (exact) mass is 316 g/mol. The summed E-state index contributed by atoms with van der Waals surface area (Å²) < 4.78 is 0. The minimum absolute atomic E-state index is 0.0393. The Hall–Kier alpha value is -0.810. The molecular formula is C14H18Cl2N2O2. The predicted octanol–water partition coefficient (Wildman–Crippen LogP) is 2.22. The maximum absolute atomic E-state index is 11.1. The topological polar surface area (TPSA) is 66.6 Å². The maximum atomic E-state index is 11.1. The first-order valence-electron chi connectivity index (χ1n) is 6.62. The number of aliphatic hydroxyl groups excluding tert-OH is 1. The van der Waals surface area contributed by atoms with Crippen LogP contribution >= 0.6 is 23.2 Å². The van der Waals surface area contributed by atoms with Gasteiger partial charge in [-0.1, -0.05) is 29.3 Å². The van der Waals surface area contributed by atoms with Gasteiger partial charge in [0.05, 0.1) is 6.10 Å². The number of nitrogens with zero attached hydrogens (tertiary/aromatic N) is 1. The summed E-state index contributed by atoms with van der Waals surface area (Å²) in [5.41, 5.74) is 5.98. The number of hydrogen-bond acceptors (Lipinski definition) is 3. The Balaban J connectivity index is 1.92. The third kappa shape index (κ3) is 3.85. The number of β-amino-alcohol motifs (C(OH)–C–C–N with tert-alkyl or cyclic N) is 1. The van der Waals surface area contributed by atoms with Gasteiger partial charge in [0.25, 0.3) is 0 Å². The Morgan fingerprint density at radius 3 is 2.60 bits per heavy atom. The van der Waals surface area contributed by atoms with Crippen molar-refractivity contribution in [3.63, 3.8) is 0 Å². The molecule has 0 saturated carbocycles. The minimum Gasteiger partial charge on any atom is -0.387 e. The number of piperidine rings is 1. The minimum atomic E-state index is -0.662. The first-order chi connectivity index (χ1) is 9.47. The van der Waals surface area contributed by atoms with Crippen LogP contribution in [-0.2, 0) is 4.79 Å². The van der Waals surface area contributed by atoms with E-state index >= 15 is 0 Å². The highest BCUT2D eigenvalue weighted by Gasteiger charge is 2.25. The summed E-state index contributed by atoms with van der Waals surface area (Å²) in [5.74, 6) is -0.270. The van der Waals surface area contributed by atoms with Crippen molar-refractivity contribution in [3.05, 3.63) is 33.8 Å². The molecule has 110 valence electrons. The Labute approximate surface area is 128 Å². The molecule has 4 nitrogen and oxygen atoms in total. The van der Waals surface area contributed by atoms with Gasteiger partial charge < -0.3 is 15.7 Å². The molecule has 0 bridgehead atoms. The van der Waals surface area contributed by atoms with Crippen LogP contribution in [0, 0.1) is 5.92 Å². The molecule has 1 saturated heterocycles. The molecule has 0 aromatic heterocycles. The average Bonchev–Trinajstić information content (AvgIpc) is 2.39. The molecule has 20 heavy (non-hydrogen) atoms. The highest BCUT2D eigenvalue weighted by atomic mass is 35.5. The van der Waals surface area contributed by atoms with E-state index in [-0.39, 0.29) is 11.8 Å². The van der Waals surface area contributed by atoms with E-state index in [1.54, 1.807) is 18.2 Å². The van der Waals surface area contributed by atoms with Crippen molar-refractivity contribution in [1.82, 2.24) is 4.90 Å². The molecule has 6 heteroatoms. The van der Waals surface area contributed by atoms with Gasteiger partial charge in [-0.05, 0) is 38.1 Å². The molecule has 1 heterocycles. The molecule has 1 aliphatic rings. The summed E-state index contributed by atoms with van der Waals surface area (Å²) in [6, 6.07) is 5.08. The summed E-state index contributed by atoms with van der Waals surface area (Å²) in [4.78, 5) is 13.2. The lowest BCUT2D eigenvalue weighted by molar-refractivity contribution is -0.123. The van der Waals surface area contributed by atoms with E-state index < -0.39 is 6.10 Å². The van der Waals surface area contributed by atoms with Crippen LogP contribution in [0.1, 0.15) is 24.5 Å². The molecule has 1 atom stereocenters. The number of carbonyl (C=O) groups excluding carboxylic acids is 1. The van der Waals surface area contributed by atoms with Gasteiger partial charge in [-0.3, -0.25) is 4.79 Å². The third-order valence-electron chi connectivity index (χ3n) is 3.74. The number of hydrogen-bond donors (Lipinski definition) is 2. The zero-order valence-electron chi connectivity index (χ0n) is 11.1. The van der Waals surface area contributed by atoms with Gasteiger partial charge in [0, 0.05) is 28.1 Å². The van der Waals surface area contributed by atoms with Crippen LogP contribution in [0.3, 0.4) is 0 Å². The zero-order valence-corrected chi connectivity index (χ0v) is 12.6. The number of carbonyl (C=O) groups is 1. The molecule has 2 rings (SSSR count). The van der Waals surface area contributed by atoms with E-state index in [1.807, 2.05) is 0 Å². The van der Waals surface area contributed by atoms with Gasteiger partial charge in [-0.25, -0.2) is 0 Å². The number of rotatable bonds is 4. The second kappa shape index (κ2) is 6.76. The first kappa shape index (κ1) is 15.6. The maximum Gasteiger partial charge on any atom is 0.220 e. The van der Waals surface area contributed by atoms with Crippen molar-refractivity contribution in [2.45, 2.75) is 18.9 Å². The second-order valence-corrected chi connectivity index (χ2v) is 6.00. The summed E-state index contributed by atoms with van der Waals surface area (Å²) in [7, 11) is 0. The van der Waals surface area contributed by atoms with E-state index in [0.717, 1.165) is 25.9 Å². The molecule has 0 radical (unpaired) electrons. The van der Waals surface area contributed by atoms with E-state index in [1.165, 1.54) is 0 Å². The fraction of sp³-hybridized carbons (Fsp3) is 0.500. The SMILES string of the molecule is NC(=O)C1CCN(CC(O)c2ccc(Cl)cc2Cl)CC1. The molecule has 1 aliphatic heterocycles. The fourth-order valence-corrected chi connectivity index (χ4v) is 3.05. The normalized spacial score (nSPS) is 18.9. The third-order valence-corrected chi connectivity index (χ3v) is 4.31. The van der Waals surface area contributed by atoms with Gasteiger partial charge >= 0.3 is 0 Å². The van der Waals surface area contributed by atoms with Crippen molar-refractivity contribution in [1.29, 1.82) is 0 Å². The first-order valence-corrected chi connectivity index (χ1v) is 7.37. The zero-order chi connectivity index (χ0) is 14.7. The molecule has 0 aliphatic carbocycles. The van der Waals surface area contributed by atoms with Gasteiger partial charge in [0.15, 0.2) is 0 Å². The van der Waals surface area contributed by atoms with Crippen LogP contribution < -0.4 is 5.73 Å².